The van der Waals surface area contributed by atoms with E-state index in [4.69, 9.17) is 9.84 Å². The van der Waals surface area contributed by atoms with Crippen molar-refractivity contribution in [3.8, 4) is 5.75 Å². The average Bonchev–Trinajstić information content (AvgIpc) is 2.96. The van der Waals surface area contributed by atoms with Crippen LogP contribution in [0.1, 0.15) is 22.3 Å². The maximum absolute atomic E-state index is 12.9. The fourth-order valence-electron chi connectivity index (χ4n) is 2.95. The Morgan fingerprint density at radius 1 is 1.16 bits per heavy atom. The Morgan fingerprint density at radius 2 is 1.84 bits per heavy atom. The smallest absolute Gasteiger partial charge is 0.335 e. The number of benzene rings is 2. The summed E-state index contributed by atoms with van der Waals surface area (Å²) in [6, 6.07) is 12.5. The molecule has 0 saturated carbocycles. The van der Waals surface area contributed by atoms with Gasteiger partial charge >= 0.3 is 5.97 Å². The lowest BCUT2D eigenvalue weighted by atomic mass is 10.1. The maximum atomic E-state index is 12.9. The molecular formula is C19H20FNO4. The predicted octanol–water partition coefficient (Wildman–Crippen LogP) is 2.54. The van der Waals surface area contributed by atoms with Crippen molar-refractivity contribution in [2.24, 2.45) is 0 Å². The Morgan fingerprint density at radius 3 is 2.48 bits per heavy atom. The van der Waals surface area contributed by atoms with Crippen LogP contribution in [0.5, 0.6) is 5.75 Å². The number of rotatable bonds is 6. The fraction of sp³-hybridized carbons (Fsp3) is 0.316. The SMILES string of the molecule is O=C(O)c1ccc(CN2CC[C@@](O)(COc3ccc(F)cc3)C2)cc1. The zero-order chi connectivity index (χ0) is 17.9. The fourth-order valence-corrected chi connectivity index (χ4v) is 2.95. The van der Waals surface area contributed by atoms with E-state index in [0.29, 0.717) is 25.3 Å². The van der Waals surface area contributed by atoms with E-state index in [0.717, 1.165) is 12.1 Å². The summed E-state index contributed by atoms with van der Waals surface area (Å²) in [4.78, 5) is 13.0. The third-order valence-corrected chi connectivity index (χ3v) is 4.34. The van der Waals surface area contributed by atoms with Crippen molar-refractivity contribution in [3.05, 3.63) is 65.5 Å². The van der Waals surface area contributed by atoms with Gasteiger partial charge in [0.1, 0.15) is 23.8 Å². The van der Waals surface area contributed by atoms with Gasteiger partial charge in [0.25, 0.3) is 0 Å². The molecule has 2 N–H and O–H groups in total. The van der Waals surface area contributed by atoms with Gasteiger partial charge in [0, 0.05) is 19.6 Å². The molecule has 1 aliphatic rings. The van der Waals surface area contributed by atoms with E-state index in [-0.39, 0.29) is 18.0 Å². The van der Waals surface area contributed by atoms with Crippen molar-refractivity contribution in [1.82, 2.24) is 4.90 Å². The van der Waals surface area contributed by atoms with E-state index < -0.39 is 11.6 Å². The van der Waals surface area contributed by atoms with Gasteiger partial charge in [-0.05, 0) is 48.4 Å². The molecular weight excluding hydrogens is 325 g/mol. The Labute approximate surface area is 145 Å². The molecule has 1 fully saturated rings. The molecule has 1 atom stereocenters. The molecule has 1 saturated heterocycles. The van der Waals surface area contributed by atoms with E-state index in [9.17, 15) is 14.3 Å². The topological polar surface area (TPSA) is 70.0 Å². The average molecular weight is 345 g/mol. The van der Waals surface area contributed by atoms with Crippen LogP contribution in [0.3, 0.4) is 0 Å². The Bertz CT molecular complexity index is 732. The van der Waals surface area contributed by atoms with E-state index >= 15 is 0 Å². The first-order valence-corrected chi connectivity index (χ1v) is 8.09. The molecule has 0 bridgehead atoms. The van der Waals surface area contributed by atoms with Gasteiger partial charge in [-0.25, -0.2) is 9.18 Å². The Kier molecular flexibility index (Phi) is 5.01. The molecule has 0 aliphatic carbocycles. The first-order chi connectivity index (χ1) is 11.9. The summed E-state index contributed by atoms with van der Waals surface area (Å²) >= 11 is 0. The molecule has 25 heavy (non-hydrogen) atoms. The highest BCUT2D eigenvalue weighted by molar-refractivity contribution is 5.87. The molecule has 1 heterocycles. The largest absolute Gasteiger partial charge is 0.491 e. The first-order valence-electron chi connectivity index (χ1n) is 8.09. The van der Waals surface area contributed by atoms with Gasteiger partial charge in [-0.3, -0.25) is 4.90 Å². The number of carboxylic acid groups (broad SMARTS) is 1. The molecule has 0 amide bonds. The monoisotopic (exact) mass is 345 g/mol. The number of β-amino-alcohol motifs (C(OH)–C–C–N with tert-alkyl or cyclic N) is 1. The quantitative estimate of drug-likeness (QED) is 0.842. The normalized spacial score (nSPS) is 20.6. The lowest BCUT2D eigenvalue weighted by Crippen LogP contribution is -2.39. The van der Waals surface area contributed by atoms with Gasteiger partial charge in [-0.15, -0.1) is 0 Å². The highest BCUT2D eigenvalue weighted by atomic mass is 19.1. The van der Waals surface area contributed by atoms with Gasteiger partial charge in [-0.2, -0.15) is 0 Å². The second-order valence-electron chi connectivity index (χ2n) is 6.43. The Hall–Kier alpha value is -2.44. The van der Waals surface area contributed by atoms with Gasteiger partial charge in [-0.1, -0.05) is 12.1 Å². The first kappa shape index (κ1) is 17.4. The van der Waals surface area contributed by atoms with Crippen LogP contribution in [0.15, 0.2) is 48.5 Å². The summed E-state index contributed by atoms with van der Waals surface area (Å²) in [5, 5.41) is 19.6. The van der Waals surface area contributed by atoms with Gasteiger partial charge < -0.3 is 14.9 Å². The number of likely N-dealkylation sites (tertiary alicyclic amines) is 1. The Balaban J connectivity index is 1.53. The molecule has 2 aromatic rings. The minimum Gasteiger partial charge on any atom is -0.491 e. The number of aliphatic hydroxyl groups is 1. The molecule has 0 spiro atoms. The number of hydrogen-bond donors (Lipinski definition) is 2. The zero-order valence-electron chi connectivity index (χ0n) is 13.7. The van der Waals surface area contributed by atoms with E-state index in [2.05, 4.69) is 4.90 Å². The van der Waals surface area contributed by atoms with Crippen LogP contribution in [0, 0.1) is 5.82 Å². The number of hydrogen-bond acceptors (Lipinski definition) is 4. The number of carboxylic acids is 1. The van der Waals surface area contributed by atoms with E-state index in [1.165, 1.54) is 24.3 Å². The molecule has 0 unspecified atom stereocenters. The number of aromatic carboxylic acids is 1. The van der Waals surface area contributed by atoms with Gasteiger partial charge in [0.15, 0.2) is 0 Å². The molecule has 2 aromatic carbocycles. The van der Waals surface area contributed by atoms with Crippen molar-refractivity contribution < 1.29 is 24.1 Å². The molecule has 3 rings (SSSR count). The zero-order valence-corrected chi connectivity index (χ0v) is 13.7. The third-order valence-electron chi connectivity index (χ3n) is 4.34. The number of carbonyl (C=O) groups is 1. The minimum atomic E-state index is -0.949. The standard InChI is InChI=1S/C19H20FNO4/c20-16-5-7-17(8-6-16)25-13-19(24)9-10-21(12-19)11-14-1-3-15(4-2-14)18(22)23/h1-8,24H,9-13H2,(H,22,23)/t19-/m0/s1. The number of halogens is 1. The summed E-state index contributed by atoms with van der Waals surface area (Å²) in [6.07, 6.45) is 0.585. The van der Waals surface area contributed by atoms with Crippen LogP contribution in [0.4, 0.5) is 4.39 Å². The molecule has 5 nitrogen and oxygen atoms in total. The summed E-state index contributed by atoms with van der Waals surface area (Å²) in [7, 11) is 0. The van der Waals surface area contributed by atoms with Crippen molar-refractivity contribution in [2.45, 2.75) is 18.6 Å². The van der Waals surface area contributed by atoms with E-state index in [1.807, 2.05) is 0 Å². The maximum Gasteiger partial charge on any atom is 0.335 e. The van der Waals surface area contributed by atoms with Crippen LogP contribution < -0.4 is 4.74 Å². The number of nitrogens with zero attached hydrogens (tertiary/aromatic N) is 1. The van der Waals surface area contributed by atoms with Crippen LogP contribution in [0.25, 0.3) is 0 Å². The van der Waals surface area contributed by atoms with Crippen LogP contribution in [0.2, 0.25) is 0 Å². The van der Waals surface area contributed by atoms with Gasteiger partial charge in [0.2, 0.25) is 0 Å². The predicted molar refractivity (Wildman–Crippen MR) is 90.1 cm³/mol. The molecule has 6 heteroatoms. The number of ether oxygens (including phenoxy) is 1. The van der Waals surface area contributed by atoms with Crippen LogP contribution in [-0.2, 0) is 6.54 Å². The van der Waals surface area contributed by atoms with Crippen molar-refractivity contribution in [1.29, 1.82) is 0 Å². The lowest BCUT2D eigenvalue weighted by Gasteiger charge is -2.23. The molecule has 0 radical (unpaired) electrons. The van der Waals surface area contributed by atoms with Crippen molar-refractivity contribution in [2.75, 3.05) is 19.7 Å². The summed E-state index contributed by atoms with van der Waals surface area (Å²) in [6.45, 7) is 1.98. The molecule has 0 aromatic heterocycles. The second-order valence-corrected chi connectivity index (χ2v) is 6.43. The highest BCUT2D eigenvalue weighted by Gasteiger charge is 2.36. The summed E-state index contributed by atoms with van der Waals surface area (Å²) in [5.41, 5.74) is 0.304. The summed E-state index contributed by atoms with van der Waals surface area (Å²) in [5.74, 6) is -0.746. The van der Waals surface area contributed by atoms with Gasteiger partial charge in [0.05, 0.1) is 5.56 Å². The van der Waals surface area contributed by atoms with Crippen molar-refractivity contribution >= 4 is 5.97 Å². The molecule has 1 aliphatic heterocycles. The van der Waals surface area contributed by atoms with Crippen LogP contribution in [-0.4, -0.2) is 46.4 Å². The minimum absolute atomic E-state index is 0.146. The third kappa shape index (κ3) is 4.55. The lowest BCUT2D eigenvalue weighted by molar-refractivity contribution is 0.00336. The van der Waals surface area contributed by atoms with Crippen LogP contribution >= 0.6 is 0 Å². The molecule has 132 valence electrons. The summed E-state index contributed by atoms with van der Waals surface area (Å²) < 4.78 is 18.5. The van der Waals surface area contributed by atoms with E-state index in [1.54, 1.807) is 24.3 Å². The van der Waals surface area contributed by atoms with Crippen molar-refractivity contribution in [3.63, 3.8) is 0 Å². The second kappa shape index (κ2) is 7.21. The highest BCUT2D eigenvalue weighted by Crippen LogP contribution is 2.24.